The van der Waals surface area contributed by atoms with E-state index in [1.54, 1.807) is 0 Å². The minimum absolute atomic E-state index is 0.0956. The molecule has 1 fully saturated rings. The number of nitrogens with two attached hydrogens (primary N) is 1. The van der Waals surface area contributed by atoms with Gasteiger partial charge in [-0.25, -0.2) is 5.84 Å². The molecule has 0 bridgehead atoms. The van der Waals surface area contributed by atoms with E-state index in [0.717, 1.165) is 19.0 Å². The first-order valence-electron chi connectivity index (χ1n) is 4.85. The Morgan fingerprint density at radius 2 is 2.23 bits per heavy atom. The highest BCUT2D eigenvalue weighted by molar-refractivity contribution is 5.77. The van der Waals surface area contributed by atoms with Crippen molar-refractivity contribution in [3.05, 3.63) is 0 Å². The molecule has 1 amide bonds. The van der Waals surface area contributed by atoms with Crippen LogP contribution in [0.4, 0.5) is 0 Å². The lowest BCUT2D eigenvalue weighted by molar-refractivity contribution is -0.122. The van der Waals surface area contributed by atoms with Crippen molar-refractivity contribution < 1.29 is 4.79 Å². The van der Waals surface area contributed by atoms with Crippen LogP contribution < -0.4 is 11.3 Å². The zero-order valence-electron chi connectivity index (χ0n) is 8.42. The van der Waals surface area contributed by atoms with Gasteiger partial charge in [-0.15, -0.1) is 0 Å². The molecule has 1 saturated heterocycles. The van der Waals surface area contributed by atoms with E-state index in [4.69, 9.17) is 5.84 Å². The number of carbonyl (C=O) groups excluding carboxylic acids is 1. The molecule has 0 spiro atoms. The SMILES string of the molecule is CC1CCN(CC(=O)NN)CC1C. The van der Waals surface area contributed by atoms with Crippen LogP contribution in [-0.2, 0) is 4.79 Å². The van der Waals surface area contributed by atoms with Gasteiger partial charge in [0, 0.05) is 6.54 Å². The van der Waals surface area contributed by atoms with E-state index in [2.05, 4.69) is 24.2 Å². The molecule has 0 aliphatic carbocycles. The van der Waals surface area contributed by atoms with Gasteiger partial charge in [0.25, 0.3) is 0 Å². The fourth-order valence-electron chi connectivity index (χ4n) is 1.74. The topological polar surface area (TPSA) is 58.4 Å². The van der Waals surface area contributed by atoms with Crippen molar-refractivity contribution in [3.8, 4) is 0 Å². The monoisotopic (exact) mass is 185 g/mol. The van der Waals surface area contributed by atoms with Crippen LogP contribution in [0.3, 0.4) is 0 Å². The highest BCUT2D eigenvalue weighted by Crippen LogP contribution is 2.21. The summed E-state index contributed by atoms with van der Waals surface area (Å²) in [5, 5.41) is 0. The van der Waals surface area contributed by atoms with E-state index in [-0.39, 0.29) is 5.91 Å². The van der Waals surface area contributed by atoms with Crippen molar-refractivity contribution in [2.24, 2.45) is 17.7 Å². The number of carbonyl (C=O) groups is 1. The summed E-state index contributed by atoms with van der Waals surface area (Å²) in [6.45, 7) is 6.96. The van der Waals surface area contributed by atoms with E-state index in [1.165, 1.54) is 6.42 Å². The van der Waals surface area contributed by atoms with Crippen molar-refractivity contribution in [2.45, 2.75) is 20.3 Å². The minimum Gasteiger partial charge on any atom is -0.294 e. The first-order chi connectivity index (χ1) is 6.13. The van der Waals surface area contributed by atoms with Crippen molar-refractivity contribution in [1.82, 2.24) is 10.3 Å². The molecule has 0 saturated carbocycles. The summed E-state index contributed by atoms with van der Waals surface area (Å²) in [4.78, 5) is 13.2. The van der Waals surface area contributed by atoms with Crippen molar-refractivity contribution in [1.29, 1.82) is 0 Å². The smallest absolute Gasteiger partial charge is 0.248 e. The van der Waals surface area contributed by atoms with Crippen LogP contribution >= 0.6 is 0 Å². The molecular weight excluding hydrogens is 166 g/mol. The van der Waals surface area contributed by atoms with Crippen molar-refractivity contribution in [3.63, 3.8) is 0 Å². The first kappa shape index (κ1) is 10.5. The molecule has 0 radical (unpaired) electrons. The Morgan fingerprint density at radius 1 is 1.54 bits per heavy atom. The third kappa shape index (κ3) is 2.97. The Hall–Kier alpha value is -0.610. The fourth-order valence-corrected chi connectivity index (χ4v) is 1.74. The predicted molar refractivity (Wildman–Crippen MR) is 51.7 cm³/mol. The van der Waals surface area contributed by atoms with Gasteiger partial charge in [0.05, 0.1) is 6.54 Å². The summed E-state index contributed by atoms with van der Waals surface area (Å²) in [7, 11) is 0. The number of rotatable bonds is 2. The summed E-state index contributed by atoms with van der Waals surface area (Å²) in [6.07, 6.45) is 1.18. The molecule has 3 N–H and O–H groups in total. The van der Waals surface area contributed by atoms with Crippen molar-refractivity contribution >= 4 is 5.91 Å². The Kier molecular flexibility index (Phi) is 3.69. The van der Waals surface area contributed by atoms with Crippen molar-refractivity contribution in [2.75, 3.05) is 19.6 Å². The summed E-state index contributed by atoms with van der Waals surface area (Å²) in [5.74, 6) is 6.38. The zero-order chi connectivity index (χ0) is 9.84. The van der Waals surface area contributed by atoms with Gasteiger partial charge in [-0.05, 0) is 24.8 Å². The molecule has 2 atom stereocenters. The average molecular weight is 185 g/mol. The van der Waals surface area contributed by atoms with E-state index in [1.807, 2.05) is 0 Å². The molecule has 0 aromatic heterocycles. The van der Waals surface area contributed by atoms with Crippen LogP contribution in [0.2, 0.25) is 0 Å². The second-order valence-electron chi connectivity index (χ2n) is 4.05. The quantitative estimate of drug-likeness (QED) is 0.360. The van der Waals surface area contributed by atoms with Crippen LogP contribution in [0.5, 0.6) is 0 Å². The fraction of sp³-hybridized carbons (Fsp3) is 0.889. The highest BCUT2D eigenvalue weighted by atomic mass is 16.2. The van der Waals surface area contributed by atoms with Gasteiger partial charge in [-0.1, -0.05) is 13.8 Å². The summed E-state index contributed by atoms with van der Waals surface area (Å²) in [5.41, 5.74) is 2.16. The Balaban J connectivity index is 2.33. The number of hydrazine groups is 1. The normalized spacial score (nSPS) is 30.1. The molecule has 76 valence electrons. The Morgan fingerprint density at radius 3 is 2.77 bits per heavy atom. The molecule has 13 heavy (non-hydrogen) atoms. The van der Waals surface area contributed by atoms with Gasteiger partial charge < -0.3 is 0 Å². The summed E-state index contributed by atoms with van der Waals surface area (Å²) in [6, 6.07) is 0. The zero-order valence-corrected chi connectivity index (χ0v) is 8.42. The highest BCUT2D eigenvalue weighted by Gasteiger charge is 2.23. The summed E-state index contributed by atoms with van der Waals surface area (Å²) >= 11 is 0. The molecule has 1 aliphatic heterocycles. The number of hydrogen-bond acceptors (Lipinski definition) is 3. The van der Waals surface area contributed by atoms with Gasteiger partial charge in [0.15, 0.2) is 0 Å². The third-order valence-electron chi connectivity index (χ3n) is 2.95. The number of nitrogens with zero attached hydrogens (tertiary/aromatic N) is 1. The number of amides is 1. The number of hydrogen-bond donors (Lipinski definition) is 2. The molecule has 0 aromatic rings. The number of nitrogens with one attached hydrogen (secondary N) is 1. The third-order valence-corrected chi connectivity index (χ3v) is 2.95. The van der Waals surface area contributed by atoms with Crippen LogP contribution in [0.25, 0.3) is 0 Å². The van der Waals surface area contributed by atoms with Gasteiger partial charge >= 0.3 is 0 Å². The van der Waals surface area contributed by atoms with E-state index >= 15 is 0 Å². The second kappa shape index (κ2) is 4.58. The average Bonchev–Trinajstić information content (AvgIpc) is 2.11. The predicted octanol–water partition coefficient (Wildman–Crippen LogP) is -0.0458. The van der Waals surface area contributed by atoms with Crippen LogP contribution in [-0.4, -0.2) is 30.4 Å². The maximum Gasteiger partial charge on any atom is 0.248 e. The van der Waals surface area contributed by atoms with Gasteiger partial charge in [0.2, 0.25) is 5.91 Å². The molecular formula is C9H19N3O. The maximum atomic E-state index is 11.0. The second-order valence-corrected chi connectivity index (χ2v) is 4.05. The lowest BCUT2D eigenvalue weighted by Crippen LogP contribution is -2.45. The lowest BCUT2D eigenvalue weighted by atomic mass is 9.89. The van der Waals surface area contributed by atoms with Gasteiger partial charge in [-0.3, -0.25) is 15.1 Å². The first-order valence-corrected chi connectivity index (χ1v) is 4.85. The Bertz CT molecular complexity index is 184. The molecule has 1 heterocycles. The van der Waals surface area contributed by atoms with Crippen LogP contribution in [0.15, 0.2) is 0 Å². The van der Waals surface area contributed by atoms with E-state index in [0.29, 0.717) is 12.5 Å². The molecule has 1 rings (SSSR count). The van der Waals surface area contributed by atoms with Gasteiger partial charge in [0.1, 0.15) is 0 Å². The van der Waals surface area contributed by atoms with Crippen LogP contribution in [0.1, 0.15) is 20.3 Å². The minimum atomic E-state index is -0.0956. The molecule has 0 aromatic carbocycles. The largest absolute Gasteiger partial charge is 0.294 e. The molecule has 4 heteroatoms. The molecule has 4 nitrogen and oxygen atoms in total. The van der Waals surface area contributed by atoms with E-state index < -0.39 is 0 Å². The number of likely N-dealkylation sites (tertiary alicyclic amines) is 1. The number of piperidine rings is 1. The van der Waals surface area contributed by atoms with Gasteiger partial charge in [-0.2, -0.15) is 0 Å². The summed E-state index contributed by atoms with van der Waals surface area (Å²) < 4.78 is 0. The molecule has 2 unspecified atom stereocenters. The maximum absolute atomic E-state index is 11.0. The lowest BCUT2D eigenvalue weighted by Gasteiger charge is -2.34. The van der Waals surface area contributed by atoms with Crippen LogP contribution in [0, 0.1) is 11.8 Å². The van der Waals surface area contributed by atoms with E-state index in [9.17, 15) is 4.79 Å². The standard InChI is InChI=1S/C9H19N3O/c1-7-3-4-12(5-8(7)2)6-9(13)11-10/h7-8H,3-6,10H2,1-2H3,(H,11,13). The molecule has 1 aliphatic rings. The Labute approximate surface area is 79.4 Å².